The molecule has 7 heteroatoms. The first kappa shape index (κ1) is 28.8. The molecule has 0 bridgehead atoms. The maximum Gasteiger partial charge on any atom is 0.263 e. The number of nitrogens with zero attached hydrogens (tertiary/aromatic N) is 2. The molecule has 0 saturated carbocycles. The van der Waals surface area contributed by atoms with Crippen LogP contribution in [0.5, 0.6) is 5.75 Å². The van der Waals surface area contributed by atoms with Gasteiger partial charge in [0.25, 0.3) is 5.91 Å². The predicted molar refractivity (Wildman–Crippen MR) is 152 cm³/mol. The van der Waals surface area contributed by atoms with E-state index in [0.29, 0.717) is 12.3 Å². The predicted octanol–water partition coefficient (Wildman–Crippen LogP) is 4.61. The van der Waals surface area contributed by atoms with Crippen molar-refractivity contribution in [3.63, 3.8) is 0 Å². The lowest BCUT2D eigenvalue weighted by Crippen LogP contribution is -2.50. The van der Waals surface area contributed by atoms with Gasteiger partial charge in [0.05, 0.1) is 0 Å². The Morgan fingerprint density at radius 3 is 2.43 bits per heavy atom. The molecule has 0 aliphatic carbocycles. The highest BCUT2D eigenvalue weighted by atomic mass is 16.5. The number of anilines is 2. The second kappa shape index (κ2) is 11.7. The Labute approximate surface area is 223 Å². The zero-order chi connectivity index (χ0) is 27.5. The molecule has 1 aliphatic heterocycles. The average Bonchev–Trinajstić information content (AvgIpc) is 2.85. The fraction of sp³-hybridized carbons (Fsp3) is 0.567. The van der Waals surface area contributed by atoms with Gasteiger partial charge in [0.2, 0.25) is 0 Å². The Bertz CT molecular complexity index is 1090. The van der Waals surface area contributed by atoms with Crippen LogP contribution in [0.2, 0.25) is 0 Å². The van der Waals surface area contributed by atoms with Crippen LogP contribution in [-0.2, 0) is 10.2 Å². The van der Waals surface area contributed by atoms with E-state index in [9.17, 15) is 9.90 Å². The van der Waals surface area contributed by atoms with Gasteiger partial charge in [-0.2, -0.15) is 0 Å². The lowest BCUT2D eigenvalue weighted by atomic mass is 9.86. The summed E-state index contributed by atoms with van der Waals surface area (Å²) in [5, 5.41) is 14.1. The third kappa shape index (κ3) is 6.96. The summed E-state index contributed by atoms with van der Waals surface area (Å²) >= 11 is 0. The standard InChI is InChI=1S/C30H46N4O3/c1-19-17-26(20(2)21(3)28(19)31)37-22(4)29(36)33(8)23-13-15-34(16-14-23)18-27(35)32-25-12-10-9-11-24(25)30(5,6)7/h9-12,17,22-23,27,32,35H,13-16,18,31H2,1-8H3. The number of ether oxygens (including phenoxy) is 1. The molecule has 1 aliphatic rings. The van der Waals surface area contributed by atoms with Crippen LogP contribution in [-0.4, -0.2) is 65.9 Å². The number of aryl methyl sites for hydroxylation is 1. The van der Waals surface area contributed by atoms with Gasteiger partial charge in [-0.05, 0) is 80.3 Å². The Hall–Kier alpha value is -2.77. The second-order valence-electron chi connectivity index (χ2n) is 11.6. The van der Waals surface area contributed by atoms with Crippen LogP contribution in [0.15, 0.2) is 30.3 Å². The first-order chi connectivity index (χ1) is 17.3. The molecular weight excluding hydrogens is 464 g/mol. The number of aliphatic hydroxyl groups is 1. The van der Waals surface area contributed by atoms with Crippen molar-refractivity contribution in [1.29, 1.82) is 0 Å². The Morgan fingerprint density at radius 2 is 1.81 bits per heavy atom. The van der Waals surface area contributed by atoms with Gasteiger partial charge in [-0.1, -0.05) is 39.0 Å². The zero-order valence-corrected chi connectivity index (χ0v) is 23.9. The van der Waals surface area contributed by atoms with Gasteiger partial charge in [-0.15, -0.1) is 0 Å². The summed E-state index contributed by atoms with van der Waals surface area (Å²) in [6, 6.07) is 10.2. The number of β-amino-alcohol motifs (C(OH)–C–C–N with tert-alkyl or cyclic N) is 1. The lowest BCUT2D eigenvalue weighted by molar-refractivity contribution is -0.139. The molecule has 2 aromatic rings. The molecule has 2 unspecified atom stereocenters. The molecule has 0 spiro atoms. The molecule has 2 atom stereocenters. The minimum absolute atomic E-state index is 0.0101. The van der Waals surface area contributed by atoms with Crippen LogP contribution in [0.1, 0.15) is 62.8 Å². The highest BCUT2D eigenvalue weighted by Gasteiger charge is 2.30. The van der Waals surface area contributed by atoms with E-state index in [1.807, 2.05) is 63.9 Å². The van der Waals surface area contributed by atoms with Crippen molar-refractivity contribution >= 4 is 17.3 Å². The average molecular weight is 511 g/mol. The third-order valence-corrected chi connectivity index (χ3v) is 7.70. The van der Waals surface area contributed by atoms with Crippen molar-refractivity contribution < 1.29 is 14.6 Å². The van der Waals surface area contributed by atoms with Crippen molar-refractivity contribution in [2.45, 2.75) is 85.1 Å². The van der Waals surface area contributed by atoms with Gasteiger partial charge in [0, 0.05) is 44.1 Å². The minimum Gasteiger partial charge on any atom is -0.481 e. The van der Waals surface area contributed by atoms with Gasteiger partial charge >= 0.3 is 0 Å². The molecule has 1 fully saturated rings. The van der Waals surface area contributed by atoms with E-state index < -0.39 is 12.3 Å². The maximum atomic E-state index is 13.2. The van der Waals surface area contributed by atoms with Gasteiger partial charge in [-0.3, -0.25) is 9.69 Å². The van der Waals surface area contributed by atoms with Crippen molar-refractivity contribution in [3.05, 3.63) is 52.6 Å². The number of nitrogens with one attached hydrogen (secondary N) is 1. The summed E-state index contributed by atoms with van der Waals surface area (Å²) in [5.41, 5.74) is 12.0. The number of carbonyl (C=O) groups is 1. The van der Waals surface area contributed by atoms with Crippen LogP contribution in [0, 0.1) is 20.8 Å². The van der Waals surface area contributed by atoms with Crippen LogP contribution in [0.25, 0.3) is 0 Å². The number of likely N-dealkylation sites (N-methyl/N-ethyl adjacent to an activating group) is 1. The molecule has 37 heavy (non-hydrogen) atoms. The van der Waals surface area contributed by atoms with Crippen LogP contribution in [0.4, 0.5) is 11.4 Å². The molecule has 1 saturated heterocycles. The number of para-hydroxylation sites is 1. The molecule has 3 rings (SSSR count). The number of nitrogen functional groups attached to an aromatic ring is 1. The number of amides is 1. The monoisotopic (exact) mass is 510 g/mol. The number of likely N-dealkylation sites (tertiary alicyclic amines) is 1. The first-order valence-corrected chi connectivity index (χ1v) is 13.4. The number of aliphatic hydroxyl groups excluding tert-OH is 1. The van der Waals surface area contributed by atoms with Crippen LogP contribution in [0.3, 0.4) is 0 Å². The summed E-state index contributed by atoms with van der Waals surface area (Å²) in [6.07, 6.45) is 0.472. The molecule has 1 heterocycles. The molecule has 204 valence electrons. The van der Waals surface area contributed by atoms with Crippen molar-refractivity contribution in [1.82, 2.24) is 9.80 Å². The minimum atomic E-state index is -0.664. The van der Waals surface area contributed by atoms with Crippen molar-refractivity contribution in [2.75, 3.05) is 37.7 Å². The van der Waals surface area contributed by atoms with E-state index >= 15 is 0 Å². The number of rotatable bonds is 8. The van der Waals surface area contributed by atoms with E-state index in [1.54, 1.807) is 0 Å². The zero-order valence-electron chi connectivity index (χ0n) is 23.9. The van der Waals surface area contributed by atoms with Gasteiger partial charge < -0.3 is 25.8 Å². The number of hydrogen-bond donors (Lipinski definition) is 3. The Morgan fingerprint density at radius 1 is 1.19 bits per heavy atom. The Kier molecular flexibility index (Phi) is 9.13. The van der Waals surface area contributed by atoms with E-state index in [-0.39, 0.29) is 17.4 Å². The van der Waals surface area contributed by atoms with E-state index in [4.69, 9.17) is 10.5 Å². The molecule has 7 nitrogen and oxygen atoms in total. The highest BCUT2D eigenvalue weighted by Crippen LogP contribution is 2.31. The largest absolute Gasteiger partial charge is 0.481 e. The Balaban J connectivity index is 1.52. The number of hydrogen-bond acceptors (Lipinski definition) is 6. The summed E-state index contributed by atoms with van der Waals surface area (Å²) in [5.74, 6) is 0.688. The normalized spacial score (nSPS) is 16.8. The third-order valence-electron chi connectivity index (χ3n) is 7.70. The molecule has 1 amide bonds. The van der Waals surface area contributed by atoms with Gasteiger partial charge in [-0.25, -0.2) is 0 Å². The number of carbonyl (C=O) groups excluding carboxylic acids is 1. The fourth-order valence-electron chi connectivity index (χ4n) is 5.12. The fourth-order valence-corrected chi connectivity index (χ4v) is 5.12. The molecular formula is C30H46N4O3. The summed E-state index contributed by atoms with van der Waals surface area (Å²) in [7, 11) is 1.87. The summed E-state index contributed by atoms with van der Waals surface area (Å²) in [6.45, 7) is 16.4. The topological polar surface area (TPSA) is 91.1 Å². The van der Waals surface area contributed by atoms with E-state index in [2.05, 4.69) is 37.1 Å². The SMILES string of the molecule is Cc1cc(OC(C)C(=O)N(C)C2CCN(CC(O)Nc3ccccc3C(C)(C)C)CC2)c(C)c(C)c1N. The van der Waals surface area contributed by atoms with Crippen molar-refractivity contribution in [2.24, 2.45) is 0 Å². The molecule has 4 N–H and O–H groups in total. The molecule has 0 radical (unpaired) electrons. The van der Waals surface area contributed by atoms with Crippen LogP contribution < -0.4 is 15.8 Å². The van der Waals surface area contributed by atoms with Gasteiger partial charge in [0.1, 0.15) is 12.0 Å². The quantitative estimate of drug-likeness (QED) is 0.355. The second-order valence-corrected chi connectivity index (χ2v) is 11.6. The smallest absolute Gasteiger partial charge is 0.263 e. The number of nitrogens with two attached hydrogens (primary N) is 1. The first-order valence-electron chi connectivity index (χ1n) is 13.4. The number of piperidine rings is 1. The maximum absolute atomic E-state index is 13.2. The van der Waals surface area contributed by atoms with Crippen LogP contribution >= 0.6 is 0 Å². The molecule has 2 aromatic carbocycles. The highest BCUT2D eigenvalue weighted by molar-refractivity contribution is 5.81. The van der Waals surface area contributed by atoms with Gasteiger partial charge in [0.15, 0.2) is 6.10 Å². The van der Waals surface area contributed by atoms with E-state index in [1.165, 1.54) is 5.56 Å². The number of benzene rings is 2. The lowest BCUT2D eigenvalue weighted by Gasteiger charge is -2.38. The molecule has 0 aromatic heterocycles. The van der Waals surface area contributed by atoms with Crippen molar-refractivity contribution in [3.8, 4) is 5.75 Å². The van der Waals surface area contributed by atoms with E-state index in [0.717, 1.165) is 54.0 Å². The summed E-state index contributed by atoms with van der Waals surface area (Å²) in [4.78, 5) is 17.3. The summed E-state index contributed by atoms with van der Waals surface area (Å²) < 4.78 is 6.10.